The monoisotopic (exact) mass is 296 g/mol. The molecule has 0 radical (unpaired) electrons. The summed E-state index contributed by atoms with van der Waals surface area (Å²) in [4.78, 5) is 11.8. The van der Waals surface area contributed by atoms with Crippen molar-refractivity contribution in [2.45, 2.75) is 34.6 Å². The molecule has 3 N–H and O–H groups in total. The third kappa shape index (κ3) is 4.62. The van der Waals surface area contributed by atoms with Gasteiger partial charge >= 0.3 is 5.97 Å². The van der Waals surface area contributed by atoms with Crippen molar-refractivity contribution in [3.8, 4) is 0 Å². The van der Waals surface area contributed by atoms with E-state index in [0.717, 1.165) is 6.07 Å². The van der Waals surface area contributed by atoms with Crippen molar-refractivity contribution in [3.05, 3.63) is 23.5 Å². The van der Waals surface area contributed by atoms with Crippen molar-refractivity contribution < 1.29 is 13.9 Å². The highest BCUT2D eigenvalue weighted by Crippen LogP contribution is 2.27. The lowest BCUT2D eigenvalue weighted by atomic mass is 9.82. The highest BCUT2D eigenvalue weighted by atomic mass is 19.1. The quantitative estimate of drug-likeness (QED) is 0.642. The highest BCUT2D eigenvalue weighted by molar-refractivity contribution is 5.96. The van der Waals surface area contributed by atoms with Crippen molar-refractivity contribution in [2.24, 2.45) is 11.3 Å². The van der Waals surface area contributed by atoms with Crippen LogP contribution in [0.3, 0.4) is 0 Å². The number of anilines is 2. The van der Waals surface area contributed by atoms with E-state index in [9.17, 15) is 9.18 Å². The topological polar surface area (TPSA) is 64.3 Å². The Morgan fingerprint density at radius 3 is 2.57 bits per heavy atom. The Bertz CT molecular complexity index is 510. The van der Waals surface area contributed by atoms with Gasteiger partial charge in [-0.3, -0.25) is 0 Å². The van der Waals surface area contributed by atoms with Crippen molar-refractivity contribution in [1.82, 2.24) is 0 Å². The van der Waals surface area contributed by atoms with Gasteiger partial charge in [0.15, 0.2) is 0 Å². The molecule has 0 aromatic heterocycles. The molecule has 1 atom stereocenters. The Kier molecular flexibility index (Phi) is 5.58. The lowest BCUT2D eigenvalue weighted by Gasteiger charge is -2.27. The van der Waals surface area contributed by atoms with Crippen molar-refractivity contribution >= 4 is 17.3 Å². The predicted molar refractivity (Wildman–Crippen MR) is 83.9 cm³/mol. The van der Waals surface area contributed by atoms with Crippen molar-refractivity contribution in [2.75, 3.05) is 24.2 Å². The first-order valence-electron chi connectivity index (χ1n) is 7.16. The number of ether oxygens (including phenoxy) is 1. The first-order valence-corrected chi connectivity index (χ1v) is 7.16. The van der Waals surface area contributed by atoms with Crippen LogP contribution < -0.4 is 11.1 Å². The van der Waals surface area contributed by atoms with E-state index in [0.29, 0.717) is 12.5 Å². The summed E-state index contributed by atoms with van der Waals surface area (Å²) in [6.45, 7) is 11.0. The van der Waals surface area contributed by atoms with Crippen LogP contribution in [0.25, 0.3) is 0 Å². The van der Waals surface area contributed by atoms with Gasteiger partial charge in [0, 0.05) is 12.2 Å². The van der Waals surface area contributed by atoms with Crippen LogP contribution in [0.1, 0.15) is 45.0 Å². The van der Waals surface area contributed by atoms with Gasteiger partial charge in [-0.15, -0.1) is 0 Å². The van der Waals surface area contributed by atoms with E-state index in [1.807, 2.05) is 0 Å². The van der Waals surface area contributed by atoms with E-state index in [2.05, 4.69) is 33.0 Å². The molecule has 1 aromatic carbocycles. The number of carbonyl (C=O) groups is 1. The molecule has 0 saturated carbocycles. The fourth-order valence-electron chi connectivity index (χ4n) is 1.68. The molecule has 0 amide bonds. The Labute approximate surface area is 125 Å². The predicted octanol–water partition coefficient (Wildman–Crippen LogP) is 3.68. The minimum atomic E-state index is -0.540. The second kappa shape index (κ2) is 6.78. The second-order valence-corrected chi connectivity index (χ2v) is 6.29. The average Bonchev–Trinajstić information content (AvgIpc) is 2.36. The van der Waals surface area contributed by atoms with Crippen LogP contribution in [0.15, 0.2) is 12.1 Å². The fourth-order valence-corrected chi connectivity index (χ4v) is 1.68. The van der Waals surface area contributed by atoms with Crippen LogP contribution in [0.5, 0.6) is 0 Å². The van der Waals surface area contributed by atoms with Crippen LogP contribution >= 0.6 is 0 Å². The number of nitrogen functional groups attached to an aromatic ring is 1. The van der Waals surface area contributed by atoms with Gasteiger partial charge in [-0.2, -0.15) is 0 Å². The lowest BCUT2D eigenvalue weighted by Crippen LogP contribution is -2.25. The molecule has 0 fully saturated rings. The molecule has 0 bridgehead atoms. The number of nitrogens with one attached hydrogen (secondary N) is 1. The largest absolute Gasteiger partial charge is 0.462 e. The van der Waals surface area contributed by atoms with E-state index in [1.54, 1.807) is 6.92 Å². The molecule has 0 spiro atoms. The normalized spacial score (nSPS) is 12.9. The summed E-state index contributed by atoms with van der Waals surface area (Å²) in [6, 6.07) is 2.56. The zero-order valence-corrected chi connectivity index (χ0v) is 13.4. The SMILES string of the molecule is CCOC(=O)c1cc(NCC(C)C(C)(C)C)c(F)cc1N. The number of esters is 1. The molecule has 0 heterocycles. The molecule has 0 aliphatic carbocycles. The van der Waals surface area contributed by atoms with E-state index in [4.69, 9.17) is 10.5 Å². The molecule has 4 nitrogen and oxygen atoms in total. The van der Waals surface area contributed by atoms with Crippen molar-refractivity contribution in [3.63, 3.8) is 0 Å². The highest BCUT2D eigenvalue weighted by Gasteiger charge is 2.21. The summed E-state index contributed by atoms with van der Waals surface area (Å²) in [5.41, 5.74) is 6.33. The molecule has 0 aliphatic heterocycles. The maximum absolute atomic E-state index is 13.9. The third-order valence-electron chi connectivity index (χ3n) is 3.71. The number of hydrogen-bond donors (Lipinski definition) is 2. The van der Waals surface area contributed by atoms with E-state index >= 15 is 0 Å². The zero-order valence-electron chi connectivity index (χ0n) is 13.4. The number of halogens is 1. The second-order valence-electron chi connectivity index (χ2n) is 6.29. The van der Waals surface area contributed by atoms with Gasteiger partial charge in [-0.25, -0.2) is 9.18 Å². The minimum Gasteiger partial charge on any atom is -0.462 e. The standard InChI is InChI=1S/C16H25FN2O2/c1-6-21-15(20)11-7-14(12(17)8-13(11)18)19-9-10(2)16(3,4)5/h7-8,10,19H,6,9,18H2,1-5H3. The molecule has 118 valence electrons. The first kappa shape index (κ1) is 17.3. The van der Waals surface area contributed by atoms with Crippen LogP contribution in [-0.4, -0.2) is 19.1 Å². The summed E-state index contributed by atoms with van der Waals surface area (Å²) < 4.78 is 18.8. The number of rotatable bonds is 5. The molecule has 5 heteroatoms. The number of carbonyl (C=O) groups excluding carboxylic acids is 1. The van der Waals surface area contributed by atoms with Gasteiger partial charge in [-0.05, 0) is 30.4 Å². The average molecular weight is 296 g/mol. The Morgan fingerprint density at radius 1 is 1.43 bits per heavy atom. The first-order chi connectivity index (χ1) is 9.66. The summed E-state index contributed by atoms with van der Waals surface area (Å²) >= 11 is 0. The molecule has 0 saturated heterocycles. The van der Waals surface area contributed by atoms with Gasteiger partial charge < -0.3 is 15.8 Å². The fraction of sp³-hybridized carbons (Fsp3) is 0.562. The molecular formula is C16H25FN2O2. The van der Waals surface area contributed by atoms with Crippen LogP contribution in [0.2, 0.25) is 0 Å². The summed E-state index contributed by atoms with van der Waals surface area (Å²) in [7, 11) is 0. The minimum absolute atomic E-state index is 0.0837. The number of nitrogens with two attached hydrogens (primary N) is 1. The zero-order chi connectivity index (χ0) is 16.2. The van der Waals surface area contributed by atoms with Crippen molar-refractivity contribution in [1.29, 1.82) is 0 Å². The summed E-state index contributed by atoms with van der Waals surface area (Å²) in [5, 5.41) is 3.05. The smallest absolute Gasteiger partial charge is 0.340 e. The van der Waals surface area contributed by atoms with Gasteiger partial charge in [0.1, 0.15) is 5.82 Å². The van der Waals surface area contributed by atoms with E-state index in [-0.39, 0.29) is 29.0 Å². The molecule has 1 rings (SSSR count). The van der Waals surface area contributed by atoms with Crippen LogP contribution in [0, 0.1) is 17.2 Å². The maximum Gasteiger partial charge on any atom is 0.340 e. The van der Waals surface area contributed by atoms with E-state index < -0.39 is 11.8 Å². The van der Waals surface area contributed by atoms with Crippen LogP contribution in [-0.2, 0) is 4.74 Å². The van der Waals surface area contributed by atoms with Gasteiger partial charge in [0.2, 0.25) is 0 Å². The van der Waals surface area contributed by atoms with Gasteiger partial charge in [-0.1, -0.05) is 27.7 Å². The number of hydrogen-bond acceptors (Lipinski definition) is 4. The molecule has 1 aromatic rings. The van der Waals surface area contributed by atoms with Gasteiger partial charge in [0.05, 0.1) is 17.9 Å². The van der Waals surface area contributed by atoms with Gasteiger partial charge in [0.25, 0.3) is 0 Å². The summed E-state index contributed by atoms with van der Waals surface area (Å²) in [5.74, 6) is -0.677. The molecule has 0 aliphatic rings. The van der Waals surface area contributed by atoms with E-state index in [1.165, 1.54) is 6.07 Å². The molecular weight excluding hydrogens is 271 g/mol. The third-order valence-corrected chi connectivity index (χ3v) is 3.71. The lowest BCUT2D eigenvalue weighted by molar-refractivity contribution is 0.0527. The summed E-state index contributed by atoms with van der Waals surface area (Å²) in [6.07, 6.45) is 0. The Hall–Kier alpha value is -1.78. The molecule has 1 unspecified atom stereocenters. The number of benzene rings is 1. The maximum atomic E-state index is 13.9. The van der Waals surface area contributed by atoms with Crippen LogP contribution in [0.4, 0.5) is 15.8 Å². The Morgan fingerprint density at radius 2 is 2.05 bits per heavy atom. The Balaban J connectivity index is 2.93. The molecule has 21 heavy (non-hydrogen) atoms.